The first-order valence-electron chi connectivity index (χ1n) is 7.79. The number of methoxy groups -OCH3 is 1. The van der Waals surface area contributed by atoms with Gasteiger partial charge in [-0.25, -0.2) is 9.97 Å². The lowest BCUT2D eigenvalue weighted by Gasteiger charge is -2.20. The Kier molecular flexibility index (Phi) is 4.55. The fourth-order valence-electron chi connectivity index (χ4n) is 2.88. The Hall–Kier alpha value is -1.40. The fourth-order valence-corrected chi connectivity index (χ4v) is 2.88. The van der Waals surface area contributed by atoms with Gasteiger partial charge >= 0.3 is 0 Å². The third-order valence-corrected chi connectivity index (χ3v) is 3.96. The average molecular weight is 292 g/mol. The highest BCUT2D eigenvalue weighted by Gasteiger charge is 2.40. The summed E-state index contributed by atoms with van der Waals surface area (Å²) in [6.45, 7) is 4.15. The smallest absolute Gasteiger partial charge is 0.158 e. The van der Waals surface area contributed by atoms with Gasteiger partial charge in [-0.15, -0.1) is 0 Å². The van der Waals surface area contributed by atoms with Crippen molar-refractivity contribution in [3.8, 4) is 0 Å². The molecule has 1 aromatic rings. The Morgan fingerprint density at radius 1 is 1.29 bits per heavy atom. The molecule has 1 saturated carbocycles. The summed E-state index contributed by atoms with van der Waals surface area (Å²) in [4.78, 5) is 8.98. The summed E-state index contributed by atoms with van der Waals surface area (Å²) in [5.74, 6) is 3.12. The minimum absolute atomic E-state index is 0.341. The van der Waals surface area contributed by atoms with Crippen molar-refractivity contribution in [2.24, 2.45) is 5.92 Å². The van der Waals surface area contributed by atoms with Crippen molar-refractivity contribution in [1.29, 1.82) is 0 Å². The highest BCUT2D eigenvalue weighted by atomic mass is 16.5. The van der Waals surface area contributed by atoms with Gasteiger partial charge in [0.15, 0.2) is 5.82 Å². The molecule has 1 aromatic heterocycles. The van der Waals surface area contributed by atoms with E-state index in [2.05, 4.69) is 27.5 Å². The second-order valence-corrected chi connectivity index (χ2v) is 5.73. The number of rotatable bonds is 7. The highest BCUT2D eigenvalue weighted by molar-refractivity contribution is 5.48. The van der Waals surface area contributed by atoms with Crippen molar-refractivity contribution in [2.75, 3.05) is 30.9 Å². The van der Waals surface area contributed by atoms with E-state index in [0.29, 0.717) is 24.6 Å². The SMILES string of the molecule is CCNc1cc(NC2CCOC2C2CC2)nc(COC)n1. The van der Waals surface area contributed by atoms with Gasteiger partial charge in [-0.1, -0.05) is 0 Å². The number of anilines is 2. The van der Waals surface area contributed by atoms with Crippen LogP contribution < -0.4 is 10.6 Å². The van der Waals surface area contributed by atoms with Gasteiger partial charge in [0.1, 0.15) is 18.2 Å². The maximum atomic E-state index is 5.87. The second-order valence-electron chi connectivity index (χ2n) is 5.73. The summed E-state index contributed by atoms with van der Waals surface area (Å²) >= 11 is 0. The highest BCUT2D eigenvalue weighted by Crippen LogP contribution is 2.39. The van der Waals surface area contributed by atoms with Crippen molar-refractivity contribution in [3.05, 3.63) is 11.9 Å². The lowest BCUT2D eigenvalue weighted by atomic mass is 10.1. The molecule has 21 heavy (non-hydrogen) atoms. The van der Waals surface area contributed by atoms with Crippen LogP contribution in [0.2, 0.25) is 0 Å². The number of nitrogens with zero attached hydrogens (tertiary/aromatic N) is 2. The Morgan fingerprint density at radius 2 is 2.10 bits per heavy atom. The molecule has 6 heteroatoms. The largest absolute Gasteiger partial charge is 0.377 e. The molecule has 0 aromatic carbocycles. The zero-order valence-electron chi connectivity index (χ0n) is 12.8. The zero-order chi connectivity index (χ0) is 14.7. The van der Waals surface area contributed by atoms with E-state index in [1.807, 2.05) is 6.07 Å². The third kappa shape index (κ3) is 3.63. The molecule has 1 aliphatic heterocycles. The van der Waals surface area contributed by atoms with Gasteiger partial charge in [0, 0.05) is 26.3 Å². The van der Waals surface area contributed by atoms with E-state index in [4.69, 9.17) is 9.47 Å². The number of hydrogen-bond acceptors (Lipinski definition) is 6. The maximum Gasteiger partial charge on any atom is 0.158 e. The molecule has 2 unspecified atom stereocenters. The molecular weight excluding hydrogens is 268 g/mol. The standard InChI is InChI=1S/C15H24N4O2/c1-3-16-12-8-13(19-14(18-12)9-20-2)17-11-6-7-21-15(11)10-4-5-10/h8,10-11,15H,3-7,9H2,1-2H3,(H2,16,17,18,19). The van der Waals surface area contributed by atoms with Crippen LogP contribution in [0, 0.1) is 5.92 Å². The van der Waals surface area contributed by atoms with Gasteiger partial charge in [0.05, 0.1) is 12.1 Å². The summed E-state index contributed by atoms with van der Waals surface area (Å²) in [5.41, 5.74) is 0. The summed E-state index contributed by atoms with van der Waals surface area (Å²) in [6.07, 6.45) is 3.98. The first-order chi connectivity index (χ1) is 10.3. The number of aromatic nitrogens is 2. The van der Waals surface area contributed by atoms with E-state index < -0.39 is 0 Å². The third-order valence-electron chi connectivity index (χ3n) is 3.96. The molecule has 0 bridgehead atoms. The van der Waals surface area contributed by atoms with Crippen LogP contribution in [0.5, 0.6) is 0 Å². The van der Waals surface area contributed by atoms with E-state index in [0.717, 1.165) is 37.1 Å². The minimum atomic E-state index is 0.341. The van der Waals surface area contributed by atoms with Crippen LogP contribution in [-0.4, -0.2) is 42.4 Å². The van der Waals surface area contributed by atoms with Gasteiger partial charge in [-0.05, 0) is 32.1 Å². The first kappa shape index (κ1) is 14.5. The molecule has 0 amide bonds. The van der Waals surface area contributed by atoms with E-state index >= 15 is 0 Å². The molecule has 1 saturated heterocycles. The van der Waals surface area contributed by atoms with Gasteiger partial charge in [-0.3, -0.25) is 0 Å². The lowest BCUT2D eigenvalue weighted by molar-refractivity contribution is 0.0898. The van der Waals surface area contributed by atoms with Crippen LogP contribution in [-0.2, 0) is 16.1 Å². The minimum Gasteiger partial charge on any atom is -0.377 e. The summed E-state index contributed by atoms with van der Waals surface area (Å²) in [7, 11) is 1.66. The normalized spacial score (nSPS) is 25.0. The van der Waals surface area contributed by atoms with E-state index in [1.54, 1.807) is 7.11 Å². The lowest BCUT2D eigenvalue weighted by Crippen LogP contribution is -2.31. The fraction of sp³-hybridized carbons (Fsp3) is 0.733. The molecule has 6 nitrogen and oxygen atoms in total. The van der Waals surface area contributed by atoms with Gasteiger partial charge < -0.3 is 20.1 Å². The van der Waals surface area contributed by atoms with Gasteiger partial charge in [0.25, 0.3) is 0 Å². The summed E-state index contributed by atoms with van der Waals surface area (Å²) < 4.78 is 11.0. The molecule has 2 atom stereocenters. The van der Waals surface area contributed by atoms with E-state index in [-0.39, 0.29) is 0 Å². The molecule has 116 valence electrons. The van der Waals surface area contributed by atoms with Crippen molar-refractivity contribution in [1.82, 2.24) is 9.97 Å². The first-order valence-corrected chi connectivity index (χ1v) is 7.79. The van der Waals surface area contributed by atoms with Crippen LogP contribution in [0.3, 0.4) is 0 Å². The van der Waals surface area contributed by atoms with Crippen molar-refractivity contribution >= 4 is 11.6 Å². The second kappa shape index (κ2) is 6.58. The monoisotopic (exact) mass is 292 g/mol. The molecule has 2 aliphatic rings. The van der Waals surface area contributed by atoms with E-state index in [9.17, 15) is 0 Å². The zero-order valence-corrected chi connectivity index (χ0v) is 12.8. The Morgan fingerprint density at radius 3 is 2.81 bits per heavy atom. The number of ether oxygens (including phenoxy) is 2. The Labute approximate surface area is 125 Å². The topological polar surface area (TPSA) is 68.3 Å². The molecule has 2 N–H and O–H groups in total. The predicted molar refractivity (Wildman–Crippen MR) is 81.4 cm³/mol. The van der Waals surface area contributed by atoms with Crippen LogP contribution in [0.25, 0.3) is 0 Å². The van der Waals surface area contributed by atoms with Gasteiger partial charge in [0.2, 0.25) is 0 Å². The molecular formula is C15H24N4O2. The average Bonchev–Trinajstić information content (AvgIpc) is 3.20. The summed E-state index contributed by atoms with van der Waals surface area (Å²) in [6, 6.07) is 2.32. The van der Waals surface area contributed by atoms with Crippen molar-refractivity contribution in [2.45, 2.75) is 44.9 Å². The quantitative estimate of drug-likeness (QED) is 0.801. The van der Waals surface area contributed by atoms with Crippen molar-refractivity contribution in [3.63, 3.8) is 0 Å². The number of nitrogens with one attached hydrogen (secondary N) is 2. The van der Waals surface area contributed by atoms with Crippen LogP contribution in [0.1, 0.15) is 32.0 Å². The summed E-state index contributed by atoms with van der Waals surface area (Å²) in [5, 5.41) is 6.78. The molecule has 1 aliphatic carbocycles. The van der Waals surface area contributed by atoms with Gasteiger partial charge in [-0.2, -0.15) is 0 Å². The Balaban J connectivity index is 1.73. The van der Waals surface area contributed by atoms with Crippen LogP contribution in [0.15, 0.2) is 6.07 Å². The van der Waals surface area contributed by atoms with Crippen molar-refractivity contribution < 1.29 is 9.47 Å². The molecule has 2 heterocycles. The maximum absolute atomic E-state index is 5.87. The predicted octanol–water partition coefficient (Wildman–Crippen LogP) is 2.03. The molecule has 0 spiro atoms. The molecule has 3 rings (SSSR count). The van der Waals surface area contributed by atoms with Crippen LogP contribution in [0.4, 0.5) is 11.6 Å². The van der Waals surface area contributed by atoms with Crippen LogP contribution >= 0.6 is 0 Å². The molecule has 2 fully saturated rings. The molecule has 0 radical (unpaired) electrons. The Bertz CT molecular complexity index is 454. The van der Waals surface area contributed by atoms with E-state index in [1.165, 1.54) is 12.8 Å². The number of hydrogen-bond donors (Lipinski definition) is 2.